The molecule has 1 amide bonds. The lowest BCUT2D eigenvalue weighted by molar-refractivity contribution is -0.122. The lowest BCUT2D eigenvalue weighted by Crippen LogP contribution is -2.42. The fraction of sp³-hybridized carbons (Fsp3) is 0.333. The molecule has 6 nitrogen and oxygen atoms in total. The third kappa shape index (κ3) is 3.14. The number of amides is 1. The Balaban J connectivity index is 1.53. The number of hydrogen-bond donors (Lipinski definition) is 1. The van der Waals surface area contributed by atoms with Gasteiger partial charge >= 0.3 is 4.87 Å². The summed E-state index contributed by atoms with van der Waals surface area (Å²) >= 11 is 1.09. The molecule has 22 heavy (non-hydrogen) atoms. The summed E-state index contributed by atoms with van der Waals surface area (Å²) < 4.78 is 12.8. The van der Waals surface area contributed by atoms with Gasteiger partial charge in [0.15, 0.2) is 11.5 Å². The number of carbonyl (C=O) groups excluding carboxylic acids is 1. The van der Waals surface area contributed by atoms with Crippen molar-refractivity contribution >= 4 is 17.2 Å². The molecule has 1 aliphatic rings. The second-order valence-corrected chi connectivity index (χ2v) is 5.85. The number of rotatable bonds is 4. The SMILES string of the molecule is Cc1csc(=O)n1CC(=O)NC[C@@H]1COc2ccccc2O1. The summed E-state index contributed by atoms with van der Waals surface area (Å²) in [6, 6.07) is 7.42. The molecule has 1 aromatic carbocycles. The summed E-state index contributed by atoms with van der Waals surface area (Å²) in [7, 11) is 0. The summed E-state index contributed by atoms with van der Waals surface area (Å²) in [6.07, 6.45) is -0.237. The predicted molar refractivity (Wildman–Crippen MR) is 82.7 cm³/mol. The van der Waals surface area contributed by atoms with Crippen LogP contribution in [0.5, 0.6) is 11.5 Å². The molecule has 2 heterocycles. The molecule has 1 N–H and O–H groups in total. The molecule has 116 valence electrons. The highest BCUT2D eigenvalue weighted by atomic mass is 32.1. The van der Waals surface area contributed by atoms with E-state index in [4.69, 9.17) is 9.47 Å². The molecule has 3 rings (SSSR count). The van der Waals surface area contributed by atoms with Crippen molar-refractivity contribution in [1.29, 1.82) is 0 Å². The van der Waals surface area contributed by atoms with Crippen LogP contribution in [0, 0.1) is 6.92 Å². The highest BCUT2D eigenvalue weighted by Gasteiger charge is 2.21. The van der Waals surface area contributed by atoms with E-state index in [9.17, 15) is 9.59 Å². The fourth-order valence-electron chi connectivity index (χ4n) is 2.19. The van der Waals surface area contributed by atoms with Gasteiger partial charge in [0.1, 0.15) is 19.3 Å². The number of nitrogens with zero attached hydrogens (tertiary/aromatic N) is 1. The number of benzene rings is 1. The van der Waals surface area contributed by atoms with E-state index in [1.807, 2.05) is 24.3 Å². The van der Waals surface area contributed by atoms with Crippen LogP contribution >= 0.6 is 11.3 Å². The molecule has 0 aliphatic carbocycles. The van der Waals surface area contributed by atoms with Crippen LogP contribution in [0.1, 0.15) is 5.69 Å². The normalized spacial score (nSPS) is 16.3. The number of nitrogens with one attached hydrogen (secondary N) is 1. The van der Waals surface area contributed by atoms with E-state index < -0.39 is 0 Å². The van der Waals surface area contributed by atoms with Crippen molar-refractivity contribution in [3.8, 4) is 11.5 Å². The minimum absolute atomic E-state index is 0.0261. The standard InChI is InChI=1S/C15H16N2O4S/c1-10-9-22-15(19)17(10)7-14(18)16-6-11-8-20-12-4-2-3-5-13(12)21-11/h2-5,9,11H,6-8H2,1H3,(H,16,18)/t11-/m1/s1. The van der Waals surface area contributed by atoms with E-state index in [0.29, 0.717) is 24.7 Å². The lowest BCUT2D eigenvalue weighted by atomic mass is 10.2. The van der Waals surface area contributed by atoms with Gasteiger partial charge in [-0.3, -0.25) is 14.2 Å². The highest BCUT2D eigenvalue weighted by Crippen LogP contribution is 2.30. The van der Waals surface area contributed by atoms with Crippen LogP contribution in [-0.2, 0) is 11.3 Å². The van der Waals surface area contributed by atoms with E-state index in [2.05, 4.69) is 5.32 Å². The molecule has 1 aromatic heterocycles. The van der Waals surface area contributed by atoms with Crippen LogP contribution in [-0.4, -0.2) is 29.7 Å². The van der Waals surface area contributed by atoms with Crippen LogP contribution in [0.15, 0.2) is 34.4 Å². The van der Waals surface area contributed by atoms with Gasteiger partial charge in [0.05, 0.1) is 6.54 Å². The van der Waals surface area contributed by atoms with Crippen molar-refractivity contribution in [1.82, 2.24) is 9.88 Å². The number of para-hydroxylation sites is 2. The van der Waals surface area contributed by atoms with Gasteiger partial charge in [-0.15, -0.1) is 0 Å². The first kappa shape index (κ1) is 14.6. The van der Waals surface area contributed by atoms with Gasteiger partial charge in [-0.25, -0.2) is 0 Å². The van der Waals surface area contributed by atoms with Crippen molar-refractivity contribution in [3.05, 3.63) is 45.0 Å². The Bertz CT molecular complexity index is 737. The molecular weight excluding hydrogens is 304 g/mol. The molecule has 7 heteroatoms. The number of aryl methyl sites for hydroxylation is 1. The third-order valence-electron chi connectivity index (χ3n) is 3.37. The van der Waals surface area contributed by atoms with Crippen LogP contribution in [0.2, 0.25) is 0 Å². The van der Waals surface area contributed by atoms with E-state index in [1.165, 1.54) is 4.57 Å². The number of fused-ring (bicyclic) bond motifs is 1. The Hall–Kier alpha value is -2.28. The topological polar surface area (TPSA) is 69.6 Å². The third-order valence-corrected chi connectivity index (χ3v) is 4.25. The fourth-order valence-corrected chi connectivity index (χ4v) is 2.92. The molecule has 0 saturated heterocycles. The van der Waals surface area contributed by atoms with Crippen LogP contribution in [0.4, 0.5) is 0 Å². The molecule has 0 spiro atoms. The molecular formula is C15H16N2O4S. The predicted octanol–water partition coefficient (Wildman–Crippen LogP) is 1.17. The first-order valence-corrected chi connectivity index (χ1v) is 7.81. The van der Waals surface area contributed by atoms with Crippen molar-refractivity contribution in [2.45, 2.75) is 19.6 Å². The summed E-state index contributed by atoms with van der Waals surface area (Å²) in [4.78, 5) is 23.4. The molecule has 0 fully saturated rings. The zero-order valence-electron chi connectivity index (χ0n) is 12.1. The maximum absolute atomic E-state index is 11.9. The number of hydrogen-bond acceptors (Lipinski definition) is 5. The second kappa shape index (κ2) is 6.23. The average Bonchev–Trinajstić information content (AvgIpc) is 2.84. The van der Waals surface area contributed by atoms with Crippen LogP contribution in [0.3, 0.4) is 0 Å². The lowest BCUT2D eigenvalue weighted by Gasteiger charge is -2.26. The Morgan fingerprint density at radius 3 is 2.91 bits per heavy atom. The van der Waals surface area contributed by atoms with Crippen LogP contribution in [0.25, 0.3) is 0 Å². The van der Waals surface area contributed by atoms with Gasteiger partial charge in [0, 0.05) is 11.1 Å². The first-order chi connectivity index (χ1) is 10.6. The molecule has 1 aliphatic heterocycles. The number of thiazole rings is 1. The largest absolute Gasteiger partial charge is 0.486 e. The molecule has 0 bridgehead atoms. The van der Waals surface area contributed by atoms with E-state index in [0.717, 1.165) is 17.0 Å². The maximum Gasteiger partial charge on any atom is 0.307 e. The van der Waals surface area contributed by atoms with E-state index in [1.54, 1.807) is 12.3 Å². The first-order valence-electron chi connectivity index (χ1n) is 6.93. The zero-order chi connectivity index (χ0) is 15.5. The summed E-state index contributed by atoms with van der Waals surface area (Å²) in [5, 5.41) is 4.52. The summed E-state index contributed by atoms with van der Waals surface area (Å²) in [5.74, 6) is 1.18. The van der Waals surface area contributed by atoms with Gasteiger partial charge < -0.3 is 14.8 Å². The minimum Gasteiger partial charge on any atom is -0.486 e. The van der Waals surface area contributed by atoms with Crippen molar-refractivity contribution in [3.63, 3.8) is 0 Å². The number of aromatic nitrogens is 1. The van der Waals surface area contributed by atoms with Crippen LogP contribution < -0.4 is 19.7 Å². The molecule has 0 unspecified atom stereocenters. The van der Waals surface area contributed by atoms with E-state index in [-0.39, 0.29) is 23.4 Å². The van der Waals surface area contributed by atoms with Gasteiger partial charge in [-0.1, -0.05) is 23.5 Å². The summed E-state index contributed by atoms with van der Waals surface area (Å²) in [6.45, 7) is 2.55. The van der Waals surface area contributed by atoms with Gasteiger partial charge in [-0.05, 0) is 19.1 Å². The monoisotopic (exact) mass is 320 g/mol. The Labute approximate surface area is 131 Å². The Kier molecular flexibility index (Phi) is 4.15. The van der Waals surface area contributed by atoms with Crippen molar-refractivity contribution in [2.24, 2.45) is 0 Å². The van der Waals surface area contributed by atoms with Gasteiger partial charge in [0.25, 0.3) is 0 Å². The van der Waals surface area contributed by atoms with E-state index >= 15 is 0 Å². The minimum atomic E-state index is -0.237. The zero-order valence-corrected chi connectivity index (χ0v) is 12.9. The van der Waals surface area contributed by atoms with Crippen molar-refractivity contribution in [2.75, 3.05) is 13.2 Å². The van der Waals surface area contributed by atoms with Gasteiger partial charge in [-0.2, -0.15) is 0 Å². The quantitative estimate of drug-likeness (QED) is 0.918. The smallest absolute Gasteiger partial charge is 0.307 e. The maximum atomic E-state index is 11.9. The molecule has 0 radical (unpaired) electrons. The number of ether oxygens (including phenoxy) is 2. The van der Waals surface area contributed by atoms with Gasteiger partial charge in [0.2, 0.25) is 5.91 Å². The molecule has 0 saturated carbocycles. The molecule has 1 atom stereocenters. The van der Waals surface area contributed by atoms with Crippen molar-refractivity contribution < 1.29 is 14.3 Å². The second-order valence-electron chi connectivity index (χ2n) is 5.03. The number of carbonyl (C=O) groups is 1. The Morgan fingerprint density at radius 2 is 2.18 bits per heavy atom. The highest BCUT2D eigenvalue weighted by molar-refractivity contribution is 7.07. The molecule has 2 aromatic rings. The average molecular weight is 320 g/mol. The Morgan fingerprint density at radius 1 is 1.41 bits per heavy atom. The summed E-state index contributed by atoms with van der Waals surface area (Å²) in [5.41, 5.74) is 0.788.